The molecule has 2 aromatic carbocycles. The van der Waals surface area contributed by atoms with Gasteiger partial charge in [-0.25, -0.2) is 4.79 Å². The number of hydrogen-bond acceptors (Lipinski definition) is 4. The van der Waals surface area contributed by atoms with Crippen molar-refractivity contribution in [1.29, 1.82) is 0 Å². The van der Waals surface area contributed by atoms with Gasteiger partial charge in [-0.1, -0.05) is 30.3 Å². The number of carbonyl (C=O) groups is 2. The lowest BCUT2D eigenvalue weighted by Crippen LogP contribution is -2.24. The Balaban J connectivity index is 1.75. The molecule has 0 spiro atoms. The van der Waals surface area contributed by atoms with Gasteiger partial charge in [0.05, 0.1) is 31.9 Å². The Morgan fingerprint density at radius 2 is 1.65 bits per heavy atom. The van der Waals surface area contributed by atoms with Crippen LogP contribution in [0.2, 0.25) is 0 Å². The van der Waals surface area contributed by atoms with Crippen LogP contribution in [0.15, 0.2) is 77.5 Å². The molecule has 0 aliphatic carbocycles. The van der Waals surface area contributed by atoms with Crippen LogP contribution < -0.4 is 4.74 Å². The van der Waals surface area contributed by atoms with E-state index >= 15 is 0 Å². The van der Waals surface area contributed by atoms with Crippen LogP contribution in [0.3, 0.4) is 0 Å². The lowest BCUT2D eigenvalue weighted by molar-refractivity contribution is -0.136. The molecule has 0 bridgehead atoms. The molecule has 0 N–H and O–H groups in total. The normalized spacial score (nSPS) is 14.8. The molecule has 0 radical (unpaired) electrons. The SMILES string of the molecule is COC(=O)C1=C(C)N(Cc2ccc(OC)cc2)C(=O)C1=Cc1cc(C)n(-c2ccccc2)c1C. The van der Waals surface area contributed by atoms with Crippen LogP contribution >= 0.6 is 0 Å². The molecule has 1 aromatic heterocycles. The zero-order valence-corrected chi connectivity index (χ0v) is 20.1. The van der Waals surface area contributed by atoms with E-state index in [1.54, 1.807) is 25.0 Å². The van der Waals surface area contributed by atoms with Gasteiger partial charge in [0.2, 0.25) is 0 Å². The summed E-state index contributed by atoms with van der Waals surface area (Å²) < 4.78 is 12.4. The average molecular weight is 457 g/mol. The van der Waals surface area contributed by atoms with Gasteiger partial charge in [-0.2, -0.15) is 0 Å². The maximum absolute atomic E-state index is 13.5. The third kappa shape index (κ3) is 4.15. The minimum Gasteiger partial charge on any atom is -0.497 e. The number of aromatic nitrogens is 1. The largest absolute Gasteiger partial charge is 0.497 e. The first-order chi connectivity index (χ1) is 16.3. The highest BCUT2D eigenvalue weighted by atomic mass is 16.5. The highest BCUT2D eigenvalue weighted by Gasteiger charge is 2.37. The zero-order valence-electron chi connectivity index (χ0n) is 20.1. The molecule has 6 heteroatoms. The Morgan fingerprint density at radius 3 is 2.26 bits per heavy atom. The minimum atomic E-state index is -0.522. The van der Waals surface area contributed by atoms with Crippen LogP contribution in [-0.4, -0.2) is 35.6 Å². The molecule has 2 heterocycles. The van der Waals surface area contributed by atoms with Crippen LogP contribution in [0, 0.1) is 13.8 Å². The van der Waals surface area contributed by atoms with Crippen molar-refractivity contribution in [2.45, 2.75) is 27.3 Å². The quantitative estimate of drug-likeness (QED) is 0.388. The molecule has 0 fully saturated rings. The Labute approximate surface area is 199 Å². The fourth-order valence-electron chi connectivity index (χ4n) is 4.40. The molecule has 34 heavy (non-hydrogen) atoms. The van der Waals surface area contributed by atoms with E-state index in [4.69, 9.17) is 9.47 Å². The van der Waals surface area contributed by atoms with Gasteiger partial charge in [0, 0.05) is 22.8 Å². The molecule has 0 atom stereocenters. The topological polar surface area (TPSA) is 60.8 Å². The van der Waals surface area contributed by atoms with Gasteiger partial charge >= 0.3 is 5.97 Å². The summed E-state index contributed by atoms with van der Waals surface area (Å²) in [4.78, 5) is 27.9. The number of para-hydroxylation sites is 1. The Bertz CT molecular complexity index is 1300. The van der Waals surface area contributed by atoms with Crippen LogP contribution in [0.4, 0.5) is 0 Å². The molecule has 1 aliphatic rings. The number of nitrogens with zero attached hydrogens (tertiary/aromatic N) is 2. The van der Waals surface area contributed by atoms with Crippen molar-refractivity contribution in [1.82, 2.24) is 9.47 Å². The summed E-state index contributed by atoms with van der Waals surface area (Å²) in [5.74, 6) is -0.00204. The third-order valence-corrected chi connectivity index (χ3v) is 6.19. The summed E-state index contributed by atoms with van der Waals surface area (Å²) in [5.41, 5.74) is 6.09. The van der Waals surface area contributed by atoms with Gasteiger partial charge in [-0.3, -0.25) is 4.79 Å². The fraction of sp³-hybridized carbons (Fsp3) is 0.214. The van der Waals surface area contributed by atoms with Gasteiger partial charge in [0.15, 0.2) is 0 Å². The summed E-state index contributed by atoms with van der Waals surface area (Å²) in [6, 6.07) is 19.6. The zero-order chi connectivity index (χ0) is 24.4. The molecule has 3 aromatic rings. The third-order valence-electron chi connectivity index (χ3n) is 6.19. The first-order valence-electron chi connectivity index (χ1n) is 11.1. The van der Waals surface area contributed by atoms with E-state index in [9.17, 15) is 9.59 Å². The maximum Gasteiger partial charge on any atom is 0.340 e. The molecule has 0 saturated heterocycles. The number of hydrogen-bond donors (Lipinski definition) is 0. The van der Waals surface area contributed by atoms with Gasteiger partial charge in [0.25, 0.3) is 5.91 Å². The number of methoxy groups -OCH3 is 2. The molecule has 6 nitrogen and oxygen atoms in total. The van der Waals surface area contributed by atoms with Crippen molar-refractivity contribution in [3.63, 3.8) is 0 Å². The van der Waals surface area contributed by atoms with Crippen molar-refractivity contribution < 1.29 is 19.1 Å². The van der Waals surface area contributed by atoms with E-state index in [1.807, 2.05) is 74.5 Å². The number of allylic oxidation sites excluding steroid dienone is 1. The van der Waals surface area contributed by atoms with E-state index < -0.39 is 5.97 Å². The second kappa shape index (κ2) is 9.43. The summed E-state index contributed by atoms with van der Waals surface area (Å²) in [7, 11) is 2.94. The molecule has 0 saturated carbocycles. The Kier molecular flexibility index (Phi) is 6.41. The van der Waals surface area contributed by atoms with E-state index in [-0.39, 0.29) is 5.91 Å². The second-order valence-corrected chi connectivity index (χ2v) is 8.25. The fourth-order valence-corrected chi connectivity index (χ4v) is 4.40. The first kappa shape index (κ1) is 23.1. The van der Waals surface area contributed by atoms with E-state index in [1.165, 1.54) is 7.11 Å². The van der Waals surface area contributed by atoms with Crippen molar-refractivity contribution in [2.75, 3.05) is 14.2 Å². The number of benzene rings is 2. The second-order valence-electron chi connectivity index (χ2n) is 8.25. The predicted octanol–water partition coefficient (Wildman–Crippen LogP) is 4.98. The standard InChI is InChI=1S/C28H28N2O4/c1-18-15-22(19(2)30(18)23-9-7-6-8-10-23)16-25-26(28(32)34-5)20(3)29(27(25)31)17-21-11-13-24(33-4)14-12-21/h6-16H,17H2,1-5H3. The molecule has 1 aliphatic heterocycles. The van der Waals surface area contributed by atoms with E-state index in [0.717, 1.165) is 34.0 Å². The highest BCUT2D eigenvalue weighted by Crippen LogP contribution is 2.34. The van der Waals surface area contributed by atoms with Crippen LogP contribution in [-0.2, 0) is 20.9 Å². The lowest BCUT2D eigenvalue weighted by Gasteiger charge is -2.18. The first-order valence-corrected chi connectivity index (χ1v) is 11.1. The molecule has 0 unspecified atom stereocenters. The predicted molar refractivity (Wildman–Crippen MR) is 131 cm³/mol. The number of aryl methyl sites for hydroxylation is 1. The van der Waals surface area contributed by atoms with Crippen molar-refractivity contribution in [2.24, 2.45) is 0 Å². The summed E-state index contributed by atoms with van der Waals surface area (Å²) >= 11 is 0. The number of ether oxygens (including phenoxy) is 2. The number of carbonyl (C=O) groups excluding carboxylic acids is 2. The molecular formula is C28H28N2O4. The number of rotatable bonds is 6. The smallest absolute Gasteiger partial charge is 0.340 e. The molecular weight excluding hydrogens is 428 g/mol. The van der Waals surface area contributed by atoms with Gasteiger partial charge in [-0.05, 0) is 68.3 Å². The molecule has 174 valence electrons. The van der Waals surface area contributed by atoms with Gasteiger partial charge < -0.3 is 18.9 Å². The van der Waals surface area contributed by atoms with Gasteiger partial charge in [-0.15, -0.1) is 0 Å². The number of esters is 1. The monoisotopic (exact) mass is 456 g/mol. The van der Waals surface area contributed by atoms with Crippen molar-refractivity contribution in [3.05, 3.63) is 100 Å². The lowest BCUT2D eigenvalue weighted by atomic mass is 10.0. The van der Waals surface area contributed by atoms with Crippen molar-refractivity contribution >= 4 is 18.0 Å². The molecule has 4 rings (SSSR count). The van der Waals surface area contributed by atoms with E-state index in [2.05, 4.69) is 4.57 Å². The summed E-state index contributed by atoms with van der Waals surface area (Å²) in [6.45, 7) is 6.16. The summed E-state index contributed by atoms with van der Waals surface area (Å²) in [5, 5.41) is 0. The van der Waals surface area contributed by atoms with Crippen LogP contribution in [0.1, 0.15) is 29.4 Å². The average Bonchev–Trinajstić information content (AvgIpc) is 3.26. The summed E-state index contributed by atoms with van der Waals surface area (Å²) in [6.07, 6.45) is 1.80. The highest BCUT2D eigenvalue weighted by molar-refractivity contribution is 6.16. The maximum atomic E-state index is 13.5. The van der Waals surface area contributed by atoms with Crippen LogP contribution in [0.25, 0.3) is 11.8 Å². The van der Waals surface area contributed by atoms with E-state index in [0.29, 0.717) is 23.4 Å². The number of amides is 1. The Morgan fingerprint density at radius 1 is 0.971 bits per heavy atom. The minimum absolute atomic E-state index is 0.224. The van der Waals surface area contributed by atoms with Crippen molar-refractivity contribution in [3.8, 4) is 11.4 Å². The van der Waals surface area contributed by atoms with Gasteiger partial charge in [0.1, 0.15) is 5.75 Å². The van der Waals surface area contributed by atoms with Crippen LogP contribution in [0.5, 0.6) is 5.75 Å². The molecule has 1 amide bonds. The Hall–Kier alpha value is -4.06.